The second-order valence-electron chi connectivity index (χ2n) is 6.51. The zero-order valence-corrected chi connectivity index (χ0v) is 15.6. The standard InChI is InChI=1S/C21H24N2O3/c1-13(10-15-8-9-18(25-3)19(12-15)26-4)21(24)23-17-7-5-6-16-11-14(2)22-20(16)17/h5-9,11-13,22H,10H2,1-4H3,(H,23,24). The third-order valence-electron chi connectivity index (χ3n) is 4.49. The molecule has 3 aromatic rings. The van der Waals surface area contributed by atoms with Crippen LogP contribution < -0.4 is 14.8 Å². The average Bonchev–Trinajstić information content (AvgIpc) is 3.02. The fraction of sp³-hybridized carbons (Fsp3) is 0.286. The summed E-state index contributed by atoms with van der Waals surface area (Å²) in [5, 5.41) is 4.13. The molecule has 2 N–H and O–H groups in total. The van der Waals surface area contributed by atoms with Crippen LogP contribution in [0.2, 0.25) is 0 Å². The predicted molar refractivity (Wildman–Crippen MR) is 104 cm³/mol. The molecule has 0 saturated heterocycles. The molecule has 1 heterocycles. The van der Waals surface area contributed by atoms with Crippen molar-refractivity contribution in [3.63, 3.8) is 0 Å². The molecular formula is C21H24N2O3. The Labute approximate surface area is 153 Å². The summed E-state index contributed by atoms with van der Waals surface area (Å²) in [4.78, 5) is 16.0. The van der Waals surface area contributed by atoms with E-state index in [0.717, 1.165) is 27.8 Å². The summed E-state index contributed by atoms with van der Waals surface area (Å²) in [6, 6.07) is 13.7. The quantitative estimate of drug-likeness (QED) is 0.695. The number of rotatable bonds is 6. The maximum absolute atomic E-state index is 12.7. The number of carbonyl (C=O) groups is 1. The van der Waals surface area contributed by atoms with Crippen molar-refractivity contribution in [2.45, 2.75) is 20.3 Å². The molecule has 1 atom stereocenters. The van der Waals surface area contributed by atoms with Crippen molar-refractivity contribution in [2.75, 3.05) is 19.5 Å². The third-order valence-corrected chi connectivity index (χ3v) is 4.49. The summed E-state index contributed by atoms with van der Waals surface area (Å²) < 4.78 is 10.6. The Morgan fingerprint density at radius 2 is 1.88 bits per heavy atom. The number of hydrogen-bond donors (Lipinski definition) is 2. The van der Waals surface area contributed by atoms with E-state index in [1.807, 2.05) is 50.2 Å². The molecule has 1 amide bonds. The summed E-state index contributed by atoms with van der Waals surface area (Å²) >= 11 is 0. The summed E-state index contributed by atoms with van der Waals surface area (Å²) in [5.74, 6) is 1.16. The van der Waals surface area contributed by atoms with Gasteiger partial charge in [0.25, 0.3) is 0 Å². The number of nitrogens with one attached hydrogen (secondary N) is 2. The molecule has 0 fully saturated rings. The number of aromatic nitrogens is 1. The maximum atomic E-state index is 12.7. The van der Waals surface area contributed by atoms with Crippen molar-refractivity contribution in [1.29, 1.82) is 0 Å². The van der Waals surface area contributed by atoms with Crippen LogP contribution in [0.4, 0.5) is 5.69 Å². The van der Waals surface area contributed by atoms with Gasteiger partial charge in [0.05, 0.1) is 25.4 Å². The number of anilines is 1. The minimum Gasteiger partial charge on any atom is -0.493 e. The van der Waals surface area contributed by atoms with Gasteiger partial charge in [-0.15, -0.1) is 0 Å². The first-order valence-corrected chi connectivity index (χ1v) is 8.62. The summed E-state index contributed by atoms with van der Waals surface area (Å²) in [6.45, 7) is 3.93. The van der Waals surface area contributed by atoms with Gasteiger partial charge in [-0.1, -0.05) is 25.1 Å². The van der Waals surface area contributed by atoms with E-state index in [2.05, 4.69) is 16.4 Å². The van der Waals surface area contributed by atoms with Gasteiger partial charge in [-0.3, -0.25) is 4.79 Å². The molecular weight excluding hydrogens is 328 g/mol. The monoisotopic (exact) mass is 352 g/mol. The van der Waals surface area contributed by atoms with Gasteiger partial charge in [-0.2, -0.15) is 0 Å². The Balaban J connectivity index is 1.73. The van der Waals surface area contributed by atoms with Crippen molar-refractivity contribution < 1.29 is 14.3 Å². The molecule has 2 aromatic carbocycles. The van der Waals surface area contributed by atoms with Crippen LogP contribution in [-0.2, 0) is 11.2 Å². The summed E-state index contributed by atoms with van der Waals surface area (Å²) in [5.41, 5.74) is 3.86. The lowest BCUT2D eigenvalue weighted by Crippen LogP contribution is -2.22. The van der Waals surface area contributed by atoms with E-state index in [9.17, 15) is 4.79 Å². The van der Waals surface area contributed by atoms with Crippen LogP contribution in [0.5, 0.6) is 11.5 Å². The zero-order chi connectivity index (χ0) is 18.7. The number of ether oxygens (including phenoxy) is 2. The molecule has 0 aliphatic rings. The Hall–Kier alpha value is -2.95. The lowest BCUT2D eigenvalue weighted by Gasteiger charge is -2.14. The number of H-pyrrole nitrogens is 1. The molecule has 0 aliphatic carbocycles. The molecule has 5 heteroatoms. The van der Waals surface area contributed by atoms with Gasteiger partial charge in [0.1, 0.15) is 0 Å². The first-order chi connectivity index (χ1) is 12.5. The fourth-order valence-electron chi connectivity index (χ4n) is 3.11. The molecule has 0 saturated carbocycles. The van der Waals surface area contributed by atoms with Crippen LogP contribution >= 0.6 is 0 Å². The second kappa shape index (κ2) is 7.52. The van der Waals surface area contributed by atoms with Crippen molar-refractivity contribution in [1.82, 2.24) is 4.98 Å². The van der Waals surface area contributed by atoms with E-state index in [1.54, 1.807) is 14.2 Å². The van der Waals surface area contributed by atoms with Crippen LogP contribution in [0.15, 0.2) is 42.5 Å². The first-order valence-electron chi connectivity index (χ1n) is 8.62. The van der Waals surface area contributed by atoms with Crippen molar-refractivity contribution >= 4 is 22.5 Å². The van der Waals surface area contributed by atoms with Gasteiger partial charge in [-0.25, -0.2) is 0 Å². The van der Waals surface area contributed by atoms with Gasteiger partial charge in [0, 0.05) is 17.0 Å². The van der Waals surface area contributed by atoms with Crippen molar-refractivity contribution in [3.8, 4) is 11.5 Å². The van der Waals surface area contributed by atoms with E-state index >= 15 is 0 Å². The number of hydrogen-bond acceptors (Lipinski definition) is 3. The number of amides is 1. The first kappa shape index (κ1) is 17.9. The minimum absolute atomic E-state index is 0.0143. The predicted octanol–water partition coefficient (Wildman–Crippen LogP) is 4.31. The van der Waals surface area contributed by atoms with Crippen LogP contribution in [-0.4, -0.2) is 25.1 Å². The zero-order valence-electron chi connectivity index (χ0n) is 15.6. The summed E-state index contributed by atoms with van der Waals surface area (Å²) in [6.07, 6.45) is 0.617. The highest BCUT2D eigenvalue weighted by Gasteiger charge is 2.16. The number of aromatic amines is 1. The third kappa shape index (κ3) is 3.67. The fourth-order valence-corrected chi connectivity index (χ4v) is 3.11. The molecule has 3 rings (SSSR count). The Bertz CT molecular complexity index is 930. The minimum atomic E-state index is -0.181. The van der Waals surface area contributed by atoms with Gasteiger partial charge in [-0.05, 0) is 43.2 Å². The van der Waals surface area contributed by atoms with E-state index in [1.165, 1.54) is 0 Å². The van der Waals surface area contributed by atoms with Crippen LogP contribution in [0, 0.1) is 12.8 Å². The highest BCUT2D eigenvalue weighted by atomic mass is 16.5. The normalized spacial score (nSPS) is 12.0. The van der Waals surface area contributed by atoms with E-state index < -0.39 is 0 Å². The van der Waals surface area contributed by atoms with Crippen molar-refractivity contribution in [2.24, 2.45) is 5.92 Å². The van der Waals surface area contributed by atoms with Gasteiger partial charge < -0.3 is 19.8 Å². The van der Waals surface area contributed by atoms with Gasteiger partial charge in [0.2, 0.25) is 5.91 Å². The number of para-hydroxylation sites is 1. The highest BCUT2D eigenvalue weighted by Crippen LogP contribution is 2.29. The second-order valence-corrected chi connectivity index (χ2v) is 6.51. The largest absolute Gasteiger partial charge is 0.493 e. The molecule has 5 nitrogen and oxygen atoms in total. The Kier molecular flexibility index (Phi) is 5.16. The lowest BCUT2D eigenvalue weighted by molar-refractivity contribution is -0.119. The molecule has 0 spiro atoms. The maximum Gasteiger partial charge on any atom is 0.227 e. The molecule has 1 aromatic heterocycles. The van der Waals surface area contributed by atoms with E-state index in [0.29, 0.717) is 17.9 Å². The van der Waals surface area contributed by atoms with Gasteiger partial charge >= 0.3 is 0 Å². The average molecular weight is 352 g/mol. The number of fused-ring (bicyclic) bond motifs is 1. The summed E-state index contributed by atoms with van der Waals surface area (Å²) in [7, 11) is 3.22. The lowest BCUT2D eigenvalue weighted by atomic mass is 9.99. The van der Waals surface area contributed by atoms with E-state index in [-0.39, 0.29) is 11.8 Å². The Morgan fingerprint density at radius 1 is 1.12 bits per heavy atom. The smallest absolute Gasteiger partial charge is 0.227 e. The number of carbonyl (C=O) groups excluding carboxylic acids is 1. The molecule has 136 valence electrons. The highest BCUT2D eigenvalue weighted by molar-refractivity contribution is 6.01. The number of methoxy groups -OCH3 is 2. The van der Waals surface area contributed by atoms with Gasteiger partial charge in [0.15, 0.2) is 11.5 Å². The molecule has 1 unspecified atom stereocenters. The topological polar surface area (TPSA) is 63.3 Å². The van der Waals surface area contributed by atoms with Crippen LogP contribution in [0.25, 0.3) is 10.9 Å². The van der Waals surface area contributed by atoms with E-state index in [4.69, 9.17) is 9.47 Å². The van der Waals surface area contributed by atoms with Crippen LogP contribution in [0.3, 0.4) is 0 Å². The molecule has 0 aliphatic heterocycles. The number of aryl methyl sites for hydroxylation is 1. The molecule has 26 heavy (non-hydrogen) atoms. The Morgan fingerprint density at radius 3 is 2.62 bits per heavy atom. The molecule has 0 radical (unpaired) electrons. The van der Waals surface area contributed by atoms with Crippen LogP contribution in [0.1, 0.15) is 18.2 Å². The SMILES string of the molecule is COc1ccc(CC(C)C(=O)Nc2cccc3cc(C)[nH]c23)cc1OC. The van der Waals surface area contributed by atoms with Crippen molar-refractivity contribution in [3.05, 3.63) is 53.7 Å². The number of benzene rings is 2. The molecule has 0 bridgehead atoms.